The Morgan fingerprint density at radius 3 is 2.56 bits per heavy atom. The lowest BCUT2D eigenvalue weighted by Crippen LogP contribution is -2.17. The van der Waals surface area contributed by atoms with E-state index >= 15 is 0 Å². The highest BCUT2D eigenvalue weighted by atomic mass is 16.6. The number of hydrogen-bond acceptors (Lipinski definition) is 8. The van der Waals surface area contributed by atoms with Gasteiger partial charge in [0.05, 0.1) is 12.0 Å². The van der Waals surface area contributed by atoms with E-state index in [4.69, 9.17) is 18.9 Å². The molecule has 0 atom stereocenters. The summed E-state index contributed by atoms with van der Waals surface area (Å²) in [5, 5.41) is 10.9. The number of benzene rings is 2. The summed E-state index contributed by atoms with van der Waals surface area (Å²) in [6.45, 7) is 0.277. The third kappa shape index (κ3) is 3.97. The first-order valence-electron chi connectivity index (χ1n) is 7.92. The first-order valence-corrected chi connectivity index (χ1v) is 7.92. The van der Waals surface area contributed by atoms with Crippen LogP contribution in [0.25, 0.3) is 0 Å². The van der Waals surface area contributed by atoms with Crippen LogP contribution in [0.15, 0.2) is 36.4 Å². The predicted molar refractivity (Wildman–Crippen MR) is 91.7 cm³/mol. The Kier molecular flexibility index (Phi) is 5.20. The van der Waals surface area contributed by atoms with E-state index in [0.29, 0.717) is 24.7 Å². The molecule has 1 heterocycles. The van der Waals surface area contributed by atoms with Gasteiger partial charge in [0.15, 0.2) is 23.9 Å². The minimum atomic E-state index is -0.901. The topological polar surface area (TPSA) is 114 Å². The molecule has 0 saturated carbocycles. The summed E-state index contributed by atoms with van der Waals surface area (Å²) >= 11 is 0. The molecule has 140 valence electrons. The molecule has 0 bridgehead atoms. The van der Waals surface area contributed by atoms with Crippen LogP contribution in [-0.2, 0) is 4.74 Å². The van der Waals surface area contributed by atoms with Crippen molar-refractivity contribution in [2.45, 2.75) is 0 Å². The van der Waals surface area contributed by atoms with Crippen LogP contribution < -0.4 is 14.2 Å². The van der Waals surface area contributed by atoms with Crippen LogP contribution in [0.5, 0.6) is 17.2 Å². The van der Waals surface area contributed by atoms with E-state index < -0.39 is 23.3 Å². The maximum absolute atomic E-state index is 12.3. The average Bonchev–Trinajstić information content (AvgIpc) is 2.70. The maximum atomic E-state index is 12.3. The van der Waals surface area contributed by atoms with E-state index in [1.165, 1.54) is 31.4 Å². The van der Waals surface area contributed by atoms with Gasteiger partial charge in [-0.05, 0) is 24.3 Å². The molecule has 27 heavy (non-hydrogen) atoms. The molecule has 2 aromatic carbocycles. The minimum absolute atomic E-state index is 0.109. The Hall–Kier alpha value is -3.62. The summed E-state index contributed by atoms with van der Waals surface area (Å²) in [4.78, 5) is 34.8. The van der Waals surface area contributed by atoms with Crippen LogP contribution in [0.3, 0.4) is 0 Å². The highest BCUT2D eigenvalue weighted by Crippen LogP contribution is 2.31. The molecule has 0 radical (unpaired) electrons. The molecule has 9 nitrogen and oxygen atoms in total. The third-order valence-corrected chi connectivity index (χ3v) is 3.81. The van der Waals surface area contributed by atoms with Gasteiger partial charge < -0.3 is 18.9 Å². The van der Waals surface area contributed by atoms with E-state index in [1.54, 1.807) is 6.07 Å². The summed E-state index contributed by atoms with van der Waals surface area (Å²) in [6.07, 6.45) is 0. The Labute approximate surface area is 153 Å². The number of ketones is 1. The smallest absolute Gasteiger partial charge is 0.342 e. The van der Waals surface area contributed by atoms with Gasteiger partial charge in [-0.25, -0.2) is 4.79 Å². The lowest BCUT2D eigenvalue weighted by Gasteiger charge is -2.18. The van der Waals surface area contributed by atoms with Gasteiger partial charge in [0.2, 0.25) is 0 Å². The number of Topliss-reactive ketones (excluding diaryl/α,β-unsaturated/α-hetero) is 1. The molecule has 0 unspecified atom stereocenters. The number of rotatable bonds is 6. The third-order valence-electron chi connectivity index (χ3n) is 3.81. The van der Waals surface area contributed by atoms with Crippen molar-refractivity contribution in [3.05, 3.63) is 57.6 Å². The second kappa shape index (κ2) is 7.73. The van der Waals surface area contributed by atoms with Crippen molar-refractivity contribution in [1.82, 2.24) is 0 Å². The summed E-state index contributed by atoms with van der Waals surface area (Å²) in [5.41, 5.74) is -0.138. The number of carbonyl (C=O) groups is 2. The molecule has 0 amide bonds. The predicted octanol–water partition coefficient (Wildman–Crippen LogP) is 2.41. The van der Waals surface area contributed by atoms with Gasteiger partial charge in [0, 0.05) is 17.7 Å². The van der Waals surface area contributed by atoms with Crippen molar-refractivity contribution < 1.29 is 33.5 Å². The molecular formula is C18H15NO8. The minimum Gasteiger partial charge on any atom is -0.496 e. The summed E-state index contributed by atoms with van der Waals surface area (Å²) < 4.78 is 20.8. The number of ether oxygens (including phenoxy) is 4. The summed E-state index contributed by atoms with van der Waals surface area (Å²) in [7, 11) is 1.32. The van der Waals surface area contributed by atoms with Gasteiger partial charge in [-0.1, -0.05) is 0 Å². The average molecular weight is 373 g/mol. The number of nitro groups is 1. The molecule has 3 rings (SSSR count). The van der Waals surface area contributed by atoms with Crippen LogP contribution in [-0.4, -0.2) is 43.6 Å². The molecule has 1 aliphatic heterocycles. The van der Waals surface area contributed by atoms with Crippen LogP contribution in [0.2, 0.25) is 0 Å². The Balaban J connectivity index is 1.71. The van der Waals surface area contributed by atoms with Crippen molar-refractivity contribution in [1.29, 1.82) is 0 Å². The second-order valence-corrected chi connectivity index (χ2v) is 5.50. The van der Waals surface area contributed by atoms with Crippen molar-refractivity contribution in [2.75, 3.05) is 26.9 Å². The molecule has 0 aromatic heterocycles. The molecule has 0 aliphatic carbocycles. The number of methoxy groups -OCH3 is 1. The van der Waals surface area contributed by atoms with Crippen LogP contribution in [0.4, 0.5) is 5.69 Å². The maximum Gasteiger partial charge on any atom is 0.342 e. The quantitative estimate of drug-likeness (QED) is 0.328. The van der Waals surface area contributed by atoms with E-state index in [0.717, 1.165) is 6.07 Å². The lowest BCUT2D eigenvalue weighted by molar-refractivity contribution is -0.384. The summed E-state index contributed by atoms with van der Waals surface area (Å²) in [6, 6.07) is 8.19. The fourth-order valence-electron chi connectivity index (χ4n) is 2.48. The number of hydrogen-bond donors (Lipinski definition) is 0. The zero-order valence-corrected chi connectivity index (χ0v) is 14.3. The molecular weight excluding hydrogens is 358 g/mol. The SMILES string of the molecule is COc1ccc([N+](=O)[O-])cc1C(=O)OCC(=O)c1ccc2c(c1)OCCO2. The number of esters is 1. The van der Waals surface area contributed by atoms with Gasteiger partial charge in [-0.2, -0.15) is 0 Å². The standard InChI is InChI=1S/C18H15NO8/c1-24-15-5-3-12(19(22)23)9-13(15)18(21)27-10-14(20)11-2-4-16-17(8-11)26-7-6-25-16/h2-5,8-9H,6-7,10H2,1H3. The largest absolute Gasteiger partial charge is 0.496 e. The molecule has 1 aliphatic rings. The van der Waals surface area contributed by atoms with Crippen molar-refractivity contribution in [3.63, 3.8) is 0 Å². The highest BCUT2D eigenvalue weighted by molar-refractivity contribution is 6.00. The van der Waals surface area contributed by atoms with Crippen molar-refractivity contribution in [3.8, 4) is 17.2 Å². The zero-order valence-electron chi connectivity index (χ0n) is 14.3. The highest BCUT2D eigenvalue weighted by Gasteiger charge is 2.21. The van der Waals surface area contributed by atoms with Crippen LogP contribution in [0, 0.1) is 10.1 Å². The van der Waals surface area contributed by atoms with Crippen LogP contribution >= 0.6 is 0 Å². The zero-order chi connectivity index (χ0) is 19.4. The van der Waals surface area contributed by atoms with E-state index in [2.05, 4.69) is 0 Å². The van der Waals surface area contributed by atoms with Crippen molar-refractivity contribution in [2.24, 2.45) is 0 Å². The van der Waals surface area contributed by atoms with E-state index in [-0.39, 0.29) is 22.6 Å². The molecule has 0 saturated heterocycles. The van der Waals surface area contributed by atoms with Gasteiger partial charge in [0.1, 0.15) is 24.5 Å². The Morgan fingerprint density at radius 1 is 1.11 bits per heavy atom. The second-order valence-electron chi connectivity index (χ2n) is 5.50. The van der Waals surface area contributed by atoms with E-state index in [9.17, 15) is 19.7 Å². The number of carbonyl (C=O) groups excluding carboxylic acids is 2. The number of nitro benzene ring substituents is 1. The van der Waals surface area contributed by atoms with Gasteiger partial charge in [-0.3, -0.25) is 14.9 Å². The summed E-state index contributed by atoms with van der Waals surface area (Å²) in [5.74, 6) is -0.265. The monoisotopic (exact) mass is 373 g/mol. The number of nitrogens with zero attached hydrogens (tertiary/aromatic N) is 1. The molecule has 2 aromatic rings. The number of fused-ring (bicyclic) bond motifs is 1. The van der Waals surface area contributed by atoms with Gasteiger partial charge in [0.25, 0.3) is 5.69 Å². The van der Waals surface area contributed by atoms with Crippen molar-refractivity contribution >= 4 is 17.4 Å². The fraction of sp³-hybridized carbons (Fsp3) is 0.222. The van der Waals surface area contributed by atoms with Crippen LogP contribution in [0.1, 0.15) is 20.7 Å². The fourth-order valence-corrected chi connectivity index (χ4v) is 2.48. The lowest BCUT2D eigenvalue weighted by atomic mass is 10.1. The number of non-ortho nitro benzene ring substituents is 1. The van der Waals surface area contributed by atoms with Gasteiger partial charge >= 0.3 is 5.97 Å². The Bertz CT molecular complexity index is 908. The molecule has 0 N–H and O–H groups in total. The van der Waals surface area contributed by atoms with E-state index in [1.807, 2.05) is 0 Å². The first-order chi connectivity index (χ1) is 13.0. The normalized spacial score (nSPS) is 12.2. The molecule has 9 heteroatoms. The molecule has 0 spiro atoms. The Morgan fingerprint density at radius 2 is 1.85 bits per heavy atom. The first kappa shape index (κ1) is 18.2. The van der Waals surface area contributed by atoms with Gasteiger partial charge in [-0.15, -0.1) is 0 Å². The molecule has 0 fully saturated rings.